The Kier molecular flexibility index (Phi) is 8.04. The highest BCUT2D eigenvalue weighted by Crippen LogP contribution is 2.18. The Morgan fingerprint density at radius 3 is 2.75 bits per heavy atom. The fourth-order valence-electron chi connectivity index (χ4n) is 2.93. The number of hydrogen-bond donors (Lipinski definition) is 1. The summed E-state index contributed by atoms with van der Waals surface area (Å²) < 4.78 is 33.3. The van der Waals surface area contributed by atoms with Gasteiger partial charge in [0, 0.05) is 19.1 Å². The Labute approximate surface area is 164 Å². The number of nitrogens with one attached hydrogen (secondary N) is 1. The summed E-state index contributed by atoms with van der Waals surface area (Å²) in [5.41, 5.74) is 0. The fourth-order valence-corrected chi connectivity index (χ4v) is 4.66. The fraction of sp³-hybridized carbons (Fsp3) is 0.611. The largest absolute Gasteiger partial charge is 0.459 e. The molecule has 1 aliphatic heterocycles. The van der Waals surface area contributed by atoms with Gasteiger partial charge in [-0.15, -0.1) is 0 Å². The highest BCUT2D eigenvalue weighted by molar-refractivity contribution is 7.91. The van der Waals surface area contributed by atoms with E-state index >= 15 is 0 Å². The number of rotatable bonds is 10. The maximum absolute atomic E-state index is 12.5. The van der Waals surface area contributed by atoms with Gasteiger partial charge in [-0.1, -0.05) is 13.3 Å². The van der Waals surface area contributed by atoms with Crippen molar-refractivity contribution in [2.45, 2.75) is 38.6 Å². The monoisotopic (exact) mass is 414 g/mol. The molecule has 1 aromatic heterocycles. The van der Waals surface area contributed by atoms with Crippen LogP contribution in [0, 0.1) is 0 Å². The first-order valence-electron chi connectivity index (χ1n) is 9.29. The van der Waals surface area contributed by atoms with Crippen molar-refractivity contribution in [3.05, 3.63) is 24.2 Å². The summed E-state index contributed by atoms with van der Waals surface area (Å²) in [6, 6.07) is 2.71. The van der Waals surface area contributed by atoms with Gasteiger partial charge in [0.2, 0.25) is 0 Å². The molecule has 1 atom stereocenters. The van der Waals surface area contributed by atoms with Crippen molar-refractivity contribution in [1.29, 1.82) is 0 Å². The number of nitrogens with zero attached hydrogens (tertiary/aromatic N) is 1. The van der Waals surface area contributed by atoms with Crippen LogP contribution in [0.15, 0.2) is 22.8 Å². The molecule has 28 heavy (non-hydrogen) atoms. The van der Waals surface area contributed by atoms with Gasteiger partial charge in [0.15, 0.2) is 22.2 Å². The van der Waals surface area contributed by atoms with Crippen molar-refractivity contribution < 1.29 is 32.0 Å². The molecular formula is C18H26N2O7S. The first-order chi connectivity index (χ1) is 13.3. The van der Waals surface area contributed by atoms with Gasteiger partial charge >= 0.3 is 5.97 Å². The van der Waals surface area contributed by atoms with Crippen LogP contribution in [0.2, 0.25) is 0 Å². The van der Waals surface area contributed by atoms with Crippen molar-refractivity contribution >= 4 is 27.6 Å². The van der Waals surface area contributed by atoms with Crippen LogP contribution in [-0.4, -0.2) is 68.3 Å². The molecule has 1 saturated heterocycles. The molecule has 0 aliphatic carbocycles. The molecule has 0 aromatic carbocycles. The minimum Gasteiger partial charge on any atom is -0.459 e. The molecule has 156 valence electrons. The van der Waals surface area contributed by atoms with E-state index in [2.05, 4.69) is 5.32 Å². The maximum atomic E-state index is 12.5. The lowest BCUT2D eigenvalue weighted by molar-refractivity contribution is -0.152. The maximum Gasteiger partial charge on any atom is 0.308 e. The van der Waals surface area contributed by atoms with E-state index in [1.807, 2.05) is 6.92 Å². The van der Waals surface area contributed by atoms with Gasteiger partial charge in [-0.3, -0.25) is 14.4 Å². The minimum atomic E-state index is -3.12. The second-order valence-electron chi connectivity index (χ2n) is 6.64. The third-order valence-corrected chi connectivity index (χ3v) is 6.19. The van der Waals surface area contributed by atoms with Gasteiger partial charge in [-0.2, -0.15) is 0 Å². The van der Waals surface area contributed by atoms with E-state index in [4.69, 9.17) is 9.15 Å². The van der Waals surface area contributed by atoms with Gasteiger partial charge in [0.05, 0.1) is 24.2 Å². The molecule has 0 saturated carbocycles. The van der Waals surface area contributed by atoms with Crippen molar-refractivity contribution in [2.75, 3.05) is 31.2 Å². The lowest BCUT2D eigenvalue weighted by atomic mass is 10.2. The lowest BCUT2D eigenvalue weighted by Gasteiger charge is -2.28. The Hall–Kier alpha value is -2.36. The molecule has 10 heteroatoms. The van der Waals surface area contributed by atoms with Crippen LogP contribution in [0.4, 0.5) is 0 Å². The van der Waals surface area contributed by atoms with Crippen molar-refractivity contribution in [1.82, 2.24) is 10.2 Å². The van der Waals surface area contributed by atoms with Crippen molar-refractivity contribution in [2.24, 2.45) is 0 Å². The Balaban J connectivity index is 1.76. The van der Waals surface area contributed by atoms with E-state index in [-0.39, 0.29) is 36.3 Å². The summed E-state index contributed by atoms with van der Waals surface area (Å²) in [4.78, 5) is 37.5. The molecular weight excluding hydrogens is 388 g/mol. The normalized spacial score (nSPS) is 17.8. The smallest absolute Gasteiger partial charge is 0.308 e. The molecule has 2 amide bonds. The van der Waals surface area contributed by atoms with Crippen molar-refractivity contribution in [3.63, 3.8) is 0 Å². The molecule has 1 aromatic rings. The van der Waals surface area contributed by atoms with Crippen LogP contribution < -0.4 is 5.32 Å². The predicted molar refractivity (Wildman–Crippen MR) is 100 cm³/mol. The second-order valence-corrected chi connectivity index (χ2v) is 8.87. The predicted octanol–water partition coefficient (Wildman–Crippen LogP) is 0.759. The molecule has 1 fully saturated rings. The number of carbonyl (C=O) groups is 3. The summed E-state index contributed by atoms with van der Waals surface area (Å²) in [5.74, 6) is -1.30. The molecule has 1 N–H and O–H groups in total. The quantitative estimate of drug-likeness (QED) is 0.561. The Morgan fingerprint density at radius 1 is 1.36 bits per heavy atom. The number of unbranched alkanes of at least 4 members (excludes halogenated alkanes) is 1. The van der Waals surface area contributed by atoms with Crippen molar-refractivity contribution in [3.8, 4) is 0 Å². The minimum absolute atomic E-state index is 0.0464. The van der Waals surface area contributed by atoms with E-state index in [1.165, 1.54) is 17.2 Å². The van der Waals surface area contributed by atoms with Crippen LogP contribution in [0.3, 0.4) is 0 Å². The molecule has 9 nitrogen and oxygen atoms in total. The zero-order chi connectivity index (χ0) is 20.6. The number of furan rings is 1. The zero-order valence-corrected chi connectivity index (χ0v) is 16.7. The average molecular weight is 414 g/mol. The summed E-state index contributed by atoms with van der Waals surface area (Å²) >= 11 is 0. The Morgan fingerprint density at radius 2 is 2.14 bits per heavy atom. The highest BCUT2D eigenvalue weighted by Gasteiger charge is 2.34. The summed E-state index contributed by atoms with van der Waals surface area (Å²) in [6.45, 7) is 2.02. The van der Waals surface area contributed by atoms with E-state index < -0.39 is 34.2 Å². The lowest BCUT2D eigenvalue weighted by Crippen LogP contribution is -2.44. The number of esters is 1. The number of sulfone groups is 1. The SMILES string of the molecule is CCCCN(C(=O)COC(=O)CCNC(=O)c1ccco1)[C@@H]1CCS(=O)(=O)C1. The van der Waals surface area contributed by atoms with E-state index in [9.17, 15) is 22.8 Å². The standard InChI is InChI=1S/C18H26N2O7S/c1-2-3-9-20(14-7-11-28(24,25)13-14)16(21)12-27-17(22)6-8-19-18(23)15-5-4-10-26-15/h4-5,10,14H,2-3,6-9,11-13H2,1H3,(H,19,23)/t14-/m1/s1. The number of hydrogen-bond acceptors (Lipinski definition) is 7. The summed E-state index contributed by atoms with van der Waals surface area (Å²) in [6.07, 6.45) is 3.29. The van der Waals surface area contributed by atoms with E-state index in [0.29, 0.717) is 13.0 Å². The molecule has 0 unspecified atom stereocenters. The van der Waals surface area contributed by atoms with Gasteiger partial charge in [-0.05, 0) is 25.0 Å². The van der Waals surface area contributed by atoms with Gasteiger partial charge < -0.3 is 19.4 Å². The topological polar surface area (TPSA) is 123 Å². The van der Waals surface area contributed by atoms with Crippen LogP contribution in [0.5, 0.6) is 0 Å². The molecule has 0 bridgehead atoms. The average Bonchev–Trinajstić information content (AvgIpc) is 3.30. The zero-order valence-electron chi connectivity index (χ0n) is 15.9. The molecule has 2 rings (SSSR count). The van der Waals surface area contributed by atoms with Gasteiger partial charge in [-0.25, -0.2) is 8.42 Å². The van der Waals surface area contributed by atoms with E-state index in [1.54, 1.807) is 6.07 Å². The van der Waals surface area contributed by atoms with Crippen LogP contribution in [0.1, 0.15) is 43.2 Å². The Bertz CT molecular complexity index is 774. The van der Waals surface area contributed by atoms with Crippen LogP contribution in [0.25, 0.3) is 0 Å². The molecule has 0 radical (unpaired) electrons. The third-order valence-electron chi connectivity index (χ3n) is 4.44. The van der Waals surface area contributed by atoms with E-state index in [0.717, 1.165) is 12.8 Å². The molecule has 1 aliphatic rings. The molecule has 2 heterocycles. The van der Waals surface area contributed by atoms with Crippen LogP contribution >= 0.6 is 0 Å². The number of carbonyl (C=O) groups excluding carboxylic acids is 3. The van der Waals surface area contributed by atoms with Gasteiger partial charge in [0.25, 0.3) is 11.8 Å². The van der Waals surface area contributed by atoms with Gasteiger partial charge in [0.1, 0.15) is 0 Å². The number of ether oxygens (including phenoxy) is 1. The molecule has 0 spiro atoms. The highest BCUT2D eigenvalue weighted by atomic mass is 32.2. The number of amides is 2. The first kappa shape index (κ1) is 21.9. The summed E-state index contributed by atoms with van der Waals surface area (Å²) in [5, 5.41) is 2.51. The third kappa shape index (κ3) is 6.66. The second kappa shape index (κ2) is 10.3. The first-order valence-corrected chi connectivity index (χ1v) is 11.1. The van der Waals surface area contributed by atoms with Crippen LogP contribution in [-0.2, 0) is 24.2 Å². The summed E-state index contributed by atoms with van der Waals surface area (Å²) in [7, 11) is -3.12.